The molecule has 0 aliphatic heterocycles. The van der Waals surface area contributed by atoms with Crippen molar-refractivity contribution >= 4 is 39.5 Å². The Morgan fingerprint density at radius 2 is 2.22 bits per heavy atom. The Morgan fingerprint density at radius 1 is 1.50 bits per heavy atom. The van der Waals surface area contributed by atoms with E-state index in [9.17, 15) is 14.7 Å². The molecule has 0 saturated carbocycles. The Morgan fingerprint density at radius 3 is 2.89 bits per heavy atom. The van der Waals surface area contributed by atoms with E-state index in [0.717, 1.165) is 3.57 Å². The molecule has 0 aliphatic rings. The molecule has 0 atom stereocenters. The maximum atomic E-state index is 11.8. The molecular formula is C12H10INO4. The monoisotopic (exact) mass is 359 g/mol. The van der Waals surface area contributed by atoms with Crippen molar-refractivity contribution in [2.75, 3.05) is 6.61 Å². The summed E-state index contributed by atoms with van der Waals surface area (Å²) in [6, 6.07) is 5.18. The summed E-state index contributed by atoms with van der Waals surface area (Å²) >= 11 is 2.08. The SMILES string of the molecule is CCOC(=O)c1c(O)c(=O)[nH]c2ccc(I)cc12. The highest BCUT2D eigenvalue weighted by atomic mass is 127. The molecule has 0 unspecified atom stereocenters. The molecule has 1 heterocycles. The molecule has 6 heteroatoms. The Balaban J connectivity index is 2.82. The molecule has 0 spiro atoms. The smallest absolute Gasteiger partial charge is 0.342 e. The fraction of sp³-hybridized carbons (Fsp3) is 0.167. The van der Waals surface area contributed by atoms with Gasteiger partial charge in [0.05, 0.1) is 6.61 Å². The number of halogens is 1. The van der Waals surface area contributed by atoms with Crippen molar-refractivity contribution in [1.82, 2.24) is 4.98 Å². The third kappa shape index (κ3) is 2.20. The van der Waals surface area contributed by atoms with E-state index in [1.807, 2.05) is 0 Å². The quantitative estimate of drug-likeness (QED) is 0.635. The van der Waals surface area contributed by atoms with Crippen LogP contribution in [-0.4, -0.2) is 22.7 Å². The second-order valence-electron chi connectivity index (χ2n) is 3.59. The minimum atomic E-state index is -0.702. The molecule has 2 aromatic rings. The number of ether oxygens (including phenoxy) is 1. The second kappa shape index (κ2) is 4.97. The molecule has 2 rings (SSSR count). The van der Waals surface area contributed by atoms with Gasteiger partial charge in [0, 0.05) is 14.5 Å². The fourth-order valence-electron chi connectivity index (χ4n) is 1.66. The van der Waals surface area contributed by atoms with E-state index in [1.165, 1.54) is 0 Å². The molecule has 0 fully saturated rings. The van der Waals surface area contributed by atoms with Gasteiger partial charge in [-0.3, -0.25) is 4.79 Å². The number of esters is 1. The van der Waals surface area contributed by atoms with Crippen LogP contribution in [0, 0.1) is 3.57 Å². The van der Waals surface area contributed by atoms with Crippen molar-refractivity contribution in [2.45, 2.75) is 6.92 Å². The fourth-order valence-corrected chi connectivity index (χ4v) is 2.16. The van der Waals surface area contributed by atoms with Gasteiger partial charge >= 0.3 is 5.97 Å². The number of H-pyrrole nitrogens is 1. The van der Waals surface area contributed by atoms with Gasteiger partial charge in [0.25, 0.3) is 5.56 Å². The molecule has 2 N–H and O–H groups in total. The standard InChI is InChI=1S/C12H10INO4/c1-2-18-12(17)9-7-5-6(13)3-4-8(7)14-11(16)10(9)15/h3-5,15H,2H2,1H3,(H,14,16). The molecule has 0 bridgehead atoms. The zero-order chi connectivity index (χ0) is 13.3. The lowest BCUT2D eigenvalue weighted by molar-refractivity contribution is 0.0525. The van der Waals surface area contributed by atoms with E-state index in [2.05, 4.69) is 27.6 Å². The highest BCUT2D eigenvalue weighted by Gasteiger charge is 2.19. The van der Waals surface area contributed by atoms with Gasteiger partial charge in [-0.15, -0.1) is 0 Å². The number of nitrogens with one attached hydrogen (secondary N) is 1. The number of benzene rings is 1. The van der Waals surface area contributed by atoms with Gasteiger partial charge in [-0.05, 0) is 47.7 Å². The topological polar surface area (TPSA) is 79.4 Å². The van der Waals surface area contributed by atoms with E-state index in [1.54, 1.807) is 25.1 Å². The van der Waals surface area contributed by atoms with Crippen LogP contribution in [0.2, 0.25) is 0 Å². The summed E-state index contributed by atoms with van der Waals surface area (Å²) in [5.41, 5.74) is -0.304. The average molecular weight is 359 g/mol. The number of carbonyl (C=O) groups is 1. The van der Waals surface area contributed by atoms with Gasteiger partial charge in [0.2, 0.25) is 0 Å². The third-order valence-electron chi connectivity index (χ3n) is 2.43. The van der Waals surface area contributed by atoms with E-state index in [0.29, 0.717) is 10.9 Å². The Hall–Kier alpha value is -1.57. The van der Waals surface area contributed by atoms with Crippen molar-refractivity contribution in [2.24, 2.45) is 0 Å². The van der Waals surface area contributed by atoms with Gasteiger partial charge in [-0.2, -0.15) is 0 Å². The summed E-state index contributed by atoms with van der Waals surface area (Å²) in [5.74, 6) is -1.31. The molecule has 0 saturated heterocycles. The van der Waals surface area contributed by atoms with Crippen LogP contribution in [-0.2, 0) is 4.74 Å². The highest BCUT2D eigenvalue weighted by molar-refractivity contribution is 14.1. The Labute approximate surface area is 116 Å². The second-order valence-corrected chi connectivity index (χ2v) is 4.83. The van der Waals surface area contributed by atoms with Crippen LogP contribution in [0.5, 0.6) is 5.75 Å². The van der Waals surface area contributed by atoms with E-state index >= 15 is 0 Å². The minimum absolute atomic E-state index is 0.0888. The Bertz CT molecular complexity index is 678. The number of rotatable bonds is 2. The van der Waals surface area contributed by atoms with E-state index in [-0.39, 0.29) is 12.2 Å². The maximum Gasteiger partial charge on any atom is 0.342 e. The number of aromatic hydroxyl groups is 1. The number of carbonyl (C=O) groups excluding carboxylic acids is 1. The van der Waals surface area contributed by atoms with E-state index < -0.39 is 17.3 Å². The first-order chi connectivity index (χ1) is 8.54. The summed E-state index contributed by atoms with van der Waals surface area (Å²) in [7, 11) is 0. The Kier molecular flexibility index (Phi) is 3.55. The number of aromatic amines is 1. The van der Waals surface area contributed by atoms with Crippen LogP contribution in [0.3, 0.4) is 0 Å². The molecule has 5 nitrogen and oxygen atoms in total. The van der Waals surface area contributed by atoms with Crippen molar-refractivity contribution < 1.29 is 14.6 Å². The predicted molar refractivity (Wildman–Crippen MR) is 74.9 cm³/mol. The molecule has 0 aliphatic carbocycles. The largest absolute Gasteiger partial charge is 0.502 e. The van der Waals surface area contributed by atoms with Gasteiger partial charge < -0.3 is 14.8 Å². The first kappa shape index (κ1) is 12.9. The van der Waals surface area contributed by atoms with Gasteiger partial charge in [-0.25, -0.2) is 4.79 Å². The van der Waals surface area contributed by atoms with Crippen molar-refractivity contribution in [3.63, 3.8) is 0 Å². The molecule has 1 aromatic heterocycles. The van der Waals surface area contributed by atoms with Crippen molar-refractivity contribution in [1.29, 1.82) is 0 Å². The summed E-state index contributed by atoms with van der Waals surface area (Å²) in [4.78, 5) is 25.8. The molecule has 18 heavy (non-hydrogen) atoms. The molecule has 1 aromatic carbocycles. The summed E-state index contributed by atoms with van der Waals surface area (Å²) in [6.45, 7) is 1.84. The zero-order valence-electron chi connectivity index (χ0n) is 9.49. The number of fused-ring (bicyclic) bond motifs is 1. The third-order valence-corrected chi connectivity index (χ3v) is 3.10. The lowest BCUT2D eigenvalue weighted by Gasteiger charge is -2.08. The molecule has 94 valence electrons. The number of pyridine rings is 1. The number of hydrogen-bond acceptors (Lipinski definition) is 4. The van der Waals surface area contributed by atoms with Crippen LogP contribution in [0.4, 0.5) is 0 Å². The molecular weight excluding hydrogens is 349 g/mol. The summed E-state index contributed by atoms with van der Waals surface area (Å²) < 4.78 is 5.74. The number of hydrogen-bond donors (Lipinski definition) is 2. The summed E-state index contributed by atoms with van der Waals surface area (Å²) in [6.07, 6.45) is 0. The lowest BCUT2D eigenvalue weighted by atomic mass is 10.1. The van der Waals surface area contributed by atoms with Crippen LogP contribution >= 0.6 is 22.6 Å². The summed E-state index contributed by atoms with van der Waals surface area (Å²) in [5, 5.41) is 10.2. The maximum absolute atomic E-state index is 11.8. The predicted octanol–water partition coefficient (Wildman–Crippen LogP) is 2.01. The van der Waals surface area contributed by atoms with Gasteiger partial charge in [0.15, 0.2) is 5.75 Å². The van der Waals surface area contributed by atoms with Crippen LogP contribution in [0.15, 0.2) is 23.0 Å². The first-order valence-corrected chi connectivity index (χ1v) is 6.34. The minimum Gasteiger partial charge on any atom is -0.502 e. The van der Waals surface area contributed by atoms with Gasteiger partial charge in [-0.1, -0.05) is 0 Å². The van der Waals surface area contributed by atoms with Crippen LogP contribution < -0.4 is 5.56 Å². The normalized spacial score (nSPS) is 10.6. The van der Waals surface area contributed by atoms with Gasteiger partial charge in [0.1, 0.15) is 5.56 Å². The average Bonchev–Trinajstić information content (AvgIpc) is 2.31. The molecule has 0 radical (unpaired) electrons. The highest BCUT2D eigenvalue weighted by Crippen LogP contribution is 2.24. The van der Waals surface area contributed by atoms with Crippen LogP contribution in [0.25, 0.3) is 10.9 Å². The van der Waals surface area contributed by atoms with E-state index in [4.69, 9.17) is 4.74 Å². The first-order valence-electron chi connectivity index (χ1n) is 5.26. The van der Waals surface area contributed by atoms with Crippen molar-refractivity contribution in [3.05, 3.63) is 37.7 Å². The van der Waals surface area contributed by atoms with Crippen LogP contribution in [0.1, 0.15) is 17.3 Å². The molecule has 0 amide bonds. The lowest BCUT2D eigenvalue weighted by Crippen LogP contribution is -2.14. The zero-order valence-corrected chi connectivity index (χ0v) is 11.6. The van der Waals surface area contributed by atoms with Crippen molar-refractivity contribution in [3.8, 4) is 5.75 Å². The number of aromatic nitrogens is 1.